The summed E-state index contributed by atoms with van der Waals surface area (Å²) in [5.41, 5.74) is 6.88. The fourth-order valence-corrected chi connectivity index (χ4v) is 2.62. The first-order valence-corrected chi connectivity index (χ1v) is 8.86. The average molecular weight is 308 g/mol. The van der Waals surface area contributed by atoms with Crippen LogP contribution in [0.5, 0.6) is 0 Å². The molecule has 3 N–H and O–H groups in total. The summed E-state index contributed by atoms with van der Waals surface area (Å²) in [5, 5.41) is 3.09. The van der Waals surface area contributed by atoms with Gasteiger partial charge in [0, 0.05) is 16.9 Å². The zero-order chi connectivity index (χ0) is 15.8. The van der Waals surface area contributed by atoms with Crippen LogP contribution in [0.2, 0.25) is 0 Å². The first-order valence-electron chi connectivity index (χ1n) is 7.64. The SMILES string of the molecule is CSc1ccc(C(C)NC(=O)C(C)CCCC(C)N)cc1. The van der Waals surface area contributed by atoms with Crippen LogP contribution in [0.15, 0.2) is 29.2 Å². The van der Waals surface area contributed by atoms with E-state index in [0.717, 1.165) is 24.8 Å². The molecule has 1 aromatic carbocycles. The highest BCUT2D eigenvalue weighted by Crippen LogP contribution is 2.19. The molecule has 3 atom stereocenters. The maximum Gasteiger partial charge on any atom is 0.223 e. The van der Waals surface area contributed by atoms with Gasteiger partial charge in [-0.15, -0.1) is 11.8 Å². The number of rotatable bonds is 8. The lowest BCUT2D eigenvalue weighted by molar-refractivity contribution is -0.125. The van der Waals surface area contributed by atoms with Gasteiger partial charge < -0.3 is 11.1 Å². The van der Waals surface area contributed by atoms with Crippen molar-refractivity contribution in [3.05, 3.63) is 29.8 Å². The van der Waals surface area contributed by atoms with Crippen molar-refractivity contribution < 1.29 is 4.79 Å². The van der Waals surface area contributed by atoms with Crippen LogP contribution < -0.4 is 11.1 Å². The maximum atomic E-state index is 12.2. The molecule has 4 heteroatoms. The highest BCUT2D eigenvalue weighted by molar-refractivity contribution is 7.98. The molecule has 0 aliphatic carbocycles. The van der Waals surface area contributed by atoms with E-state index >= 15 is 0 Å². The Hall–Kier alpha value is -1.00. The summed E-state index contributed by atoms with van der Waals surface area (Å²) < 4.78 is 0. The van der Waals surface area contributed by atoms with Gasteiger partial charge in [0.1, 0.15) is 0 Å². The van der Waals surface area contributed by atoms with Crippen LogP contribution in [0.3, 0.4) is 0 Å². The molecule has 1 amide bonds. The molecule has 0 aliphatic rings. The predicted octanol–water partition coefficient (Wildman–Crippen LogP) is 3.74. The van der Waals surface area contributed by atoms with Crippen LogP contribution in [0.25, 0.3) is 0 Å². The molecule has 0 aliphatic heterocycles. The molecule has 0 fully saturated rings. The normalized spacial score (nSPS) is 15.3. The third-order valence-electron chi connectivity index (χ3n) is 3.72. The second-order valence-electron chi connectivity index (χ2n) is 5.81. The minimum Gasteiger partial charge on any atom is -0.349 e. The molecule has 3 unspecified atom stereocenters. The fraction of sp³-hybridized carbons (Fsp3) is 0.588. The van der Waals surface area contributed by atoms with Crippen molar-refractivity contribution in [2.24, 2.45) is 11.7 Å². The molecule has 0 heterocycles. The molecule has 118 valence electrons. The lowest BCUT2D eigenvalue weighted by Crippen LogP contribution is -2.31. The molecule has 0 bridgehead atoms. The summed E-state index contributed by atoms with van der Waals surface area (Å²) >= 11 is 1.72. The molecule has 1 aromatic rings. The molecule has 0 radical (unpaired) electrons. The van der Waals surface area contributed by atoms with E-state index in [1.165, 1.54) is 4.90 Å². The van der Waals surface area contributed by atoms with Crippen LogP contribution in [0, 0.1) is 5.92 Å². The highest BCUT2D eigenvalue weighted by atomic mass is 32.2. The zero-order valence-corrected chi connectivity index (χ0v) is 14.4. The summed E-state index contributed by atoms with van der Waals surface area (Å²) in [4.78, 5) is 13.4. The number of carbonyl (C=O) groups is 1. The van der Waals surface area contributed by atoms with Crippen molar-refractivity contribution in [1.82, 2.24) is 5.32 Å². The maximum absolute atomic E-state index is 12.2. The number of benzene rings is 1. The van der Waals surface area contributed by atoms with Gasteiger partial charge in [0.05, 0.1) is 6.04 Å². The number of amides is 1. The van der Waals surface area contributed by atoms with E-state index in [1.807, 2.05) is 20.8 Å². The smallest absolute Gasteiger partial charge is 0.223 e. The Morgan fingerprint density at radius 2 is 1.81 bits per heavy atom. The highest BCUT2D eigenvalue weighted by Gasteiger charge is 2.16. The van der Waals surface area contributed by atoms with Crippen molar-refractivity contribution in [1.29, 1.82) is 0 Å². The molecule has 0 saturated heterocycles. The molecule has 0 saturated carbocycles. The summed E-state index contributed by atoms with van der Waals surface area (Å²) in [6.45, 7) is 6.02. The van der Waals surface area contributed by atoms with Crippen molar-refractivity contribution in [2.45, 2.75) is 57.0 Å². The van der Waals surface area contributed by atoms with Gasteiger partial charge in [0.25, 0.3) is 0 Å². The van der Waals surface area contributed by atoms with Gasteiger partial charge in [-0.25, -0.2) is 0 Å². The average Bonchev–Trinajstić information content (AvgIpc) is 2.46. The second-order valence-corrected chi connectivity index (χ2v) is 6.69. The van der Waals surface area contributed by atoms with Gasteiger partial charge in [-0.05, 0) is 50.6 Å². The van der Waals surface area contributed by atoms with Crippen molar-refractivity contribution in [3.8, 4) is 0 Å². The molecule has 3 nitrogen and oxygen atoms in total. The standard InChI is InChI=1S/C17H28N2OS/c1-12(6-5-7-13(2)18)17(20)19-14(3)15-8-10-16(21-4)11-9-15/h8-14H,5-7,18H2,1-4H3,(H,19,20). The summed E-state index contributed by atoms with van der Waals surface area (Å²) in [5.74, 6) is 0.165. The lowest BCUT2D eigenvalue weighted by Gasteiger charge is -2.18. The third-order valence-corrected chi connectivity index (χ3v) is 4.46. The molecular weight excluding hydrogens is 280 g/mol. The predicted molar refractivity (Wildman–Crippen MR) is 91.4 cm³/mol. The Kier molecular flexibility index (Phi) is 7.83. The van der Waals surface area contributed by atoms with E-state index in [0.29, 0.717) is 0 Å². The van der Waals surface area contributed by atoms with E-state index in [1.54, 1.807) is 11.8 Å². The Bertz CT molecular complexity index is 431. The fourth-order valence-electron chi connectivity index (χ4n) is 2.21. The monoisotopic (exact) mass is 308 g/mol. The van der Waals surface area contributed by atoms with Gasteiger partial charge in [-0.1, -0.05) is 25.5 Å². The number of nitrogens with one attached hydrogen (secondary N) is 1. The van der Waals surface area contributed by atoms with E-state index in [4.69, 9.17) is 5.73 Å². The zero-order valence-electron chi connectivity index (χ0n) is 13.6. The van der Waals surface area contributed by atoms with Gasteiger partial charge >= 0.3 is 0 Å². The molecular formula is C17H28N2OS. The summed E-state index contributed by atoms with van der Waals surface area (Å²) in [6.07, 6.45) is 4.93. The lowest BCUT2D eigenvalue weighted by atomic mass is 10.0. The first-order chi connectivity index (χ1) is 9.93. The molecule has 1 rings (SSSR count). The number of carbonyl (C=O) groups excluding carboxylic acids is 1. The minimum atomic E-state index is 0.0386. The van der Waals surface area contributed by atoms with Crippen molar-refractivity contribution in [3.63, 3.8) is 0 Å². The van der Waals surface area contributed by atoms with Crippen LogP contribution in [0.1, 0.15) is 51.6 Å². The minimum absolute atomic E-state index is 0.0386. The van der Waals surface area contributed by atoms with Crippen LogP contribution in [0.4, 0.5) is 0 Å². The Labute approximate surface area is 133 Å². The Morgan fingerprint density at radius 3 is 2.33 bits per heavy atom. The second kappa shape index (κ2) is 9.11. The Morgan fingerprint density at radius 1 is 1.19 bits per heavy atom. The number of nitrogens with two attached hydrogens (primary N) is 1. The number of hydrogen-bond donors (Lipinski definition) is 2. The number of hydrogen-bond acceptors (Lipinski definition) is 3. The van der Waals surface area contributed by atoms with Gasteiger partial charge in [-0.2, -0.15) is 0 Å². The van der Waals surface area contributed by atoms with Gasteiger partial charge in [0.2, 0.25) is 5.91 Å². The topological polar surface area (TPSA) is 55.1 Å². The van der Waals surface area contributed by atoms with E-state index < -0.39 is 0 Å². The van der Waals surface area contributed by atoms with Crippen LogP contribution >= 0.6 is 11.8 Å². The van der Waals surface area contributed by atoms with E-state index in [2.05, 4.69) is 35.8 Å². The quantitative estimate of drug-likeness (QED) is 0.719. The van der Waals surface area contributed by atoms with Gasteiger partial charge in [0.15, 0.2) is 0 Å². The van der Waals surface area contributed by atoms with Gasteiger partial charge in [-0.3, -0.25) is 4.79 Å². The number of thioether (sulfide) groups is 1. The van der Waals surface area contributed by atoms with E-state index in [-0.39, 0.29) is 23.9 Å². The molecule has 0 aromatic heterocycles. The largest absolute Gasteiger partial charge is 0.349 e. The summed E-state index contributed by atoms with van der Waals surface area (Å²) in [6, 6.07) is 8.61. The first kappa shape index (κ1) is 18.1. The third kappa shape index (κ3) is 6.53. The molecule has 21 heavy (non-hydrogen) atoms. The van der Waals surface area contributed by atoms with Crippen molar-refractivity contribution in [2.75, 3.05) is 6.26 Å². The van der Waals surface area contributed by atoms with E-state index in [9.17, 15) is 4.79 Å². The van der Waals surface area contributed by atoms with Crippen LogP contribution in [-0.4, -0.2) is 18.2 Å². The van der Waals surface area contributed by atoms with Crippen molar-refractivity contribution >= 4 is 17.7 Å². The summed E-state index contributed by atoms with van der Waals surface area (Å²) in [7, 11) is 0. The van der Waals surface area contributed by atoms with Crippen LogP contribution in [-0.2, 0) is 4.79 Å². The molecule has 0 spiro atoms. The Balaban J connectivity index is 2.44.